The van der Waals surface area contributed by atoms with Crippen LogP contribution < -0.4 is 15.7 Å². The molecule has 0 spiro atoms. The van der Waals surface area contributed by atoms with Gasteiger partial charge in [-0.1, -0.05) is 25.0 Å². The van der Waals surface area contributed by atoms with Gasteiger partial charge in [0, 0.05) is 60.9 Å². The molecule has 0 aliphatic rings. The third-order valence-electron chi connectivity index (χ3n) is 6.45. The number of aromatic amines is 1. The topological polar surface area (TPSA) is 123 Å². The Morgan fingerprint density at radius 2 is 1.95 bits per heavy atom. The average molecular weight is 499 g/mol. The fourth-order valence-electron chi connectivity index (χ4n) is 4.36. The minimum atomic E-state index is -0.322. The van der Waals surface area contributed by atoms with E-state index in [0.29, 0.717) is 12.2 Å². The number of hydrogen-bond acceptors (Lipinski definition) is 7. The average Bonchev–Trinajstić information content (AvgIpc) is 3.60. The van der Waals surface area contributed by atoms with Crippen molar-refractivity contribution in [3.8, 4) is 11.3 Å². The van der Waals surface area contributed by atoms with Gasteiger partial charge in [0.1, 0.15) is 0 Å². The Hall–Kier alpha value is -4.44. The maximum Gasteiger partial charge on any atom is 0.243 e. The van der Waals surface area contributed by atoms with E-state index in [1.165, 1.54) is 0 Å². The molecule has 190 valence electrons. The molecule has 5 aromatic rings. The van der Waals surface area contributed by atoms with Crippen LogP contribution in [0.3, 0.4) is 0 Å². The number of unbranched alkanes of at least 4 members (excludes halogenated alkanes) is 3. The quantitative estimate of drug-likeness (QED) is 0.116. The number of nitrogens with one attached hydrogen (secondary N) is 3. The van der Waals surface area contributed by atoms with Crippen molar-refractivity contribution >= 4 is 39.6 Å². The molecule has 1 amide bonds. The Balaban J connectivity index is 1.24. The van der Waals surface area contributed by atoms with Crippen LogP contribution in [0.4, 0.5) is 17.2 Å². The summed E-state index contributed by atoms with van der Waals surface area (Å²) in [5.41, 5.74) is 7.27. The van der Waals surface area contributed by atoms with Crippen molar-refractivity contribution in [2.45, 2.75) is 32.1 Å². The molecule has 37 heavy (non-hydrogen) atoms. The number of hydrogen-bond donors (Lipinski definition) is 4. The van der Waals surface area contributed by atoms with Crippen LogP contribution in [0.1, 0.15) is 32.1 Å². The predicted molar refractivity (Wildman–Crippen MR) is 144 cm³/mol. The highest BCUT2D eigenvalue weighted by Gasteiger charge is 2.11. The van der Waals surface area contributed by atoms with E-state index in [4.69, 9.17) is 10.2 Å². The van der Waals surface area contributed by atoms with Gasteiger partial charge in [-0.3, -0.25) is 15.1 Å². The van der Waals surface area contributed by atoms with Crippen LogP contribution in [-0.4, -0.2) is 49.3 Å². The van der Waals surface area contributed by atoms with Crippen molar-refractivity contribution in [1.29, 1.82) is 0 Å². The molecule has 4 N–H and O–H groups in total. The number of rotatable bonds is 11. The van der Waals surface area contributed by atoms with Gasteiger partial charge in [-0.25, -0.2) is 15.4 Å². The second-order valence-electron chi connectivity index (χ2n) is 9.10. The van der Waals surface area contributed by atoms with Gasteiger partial charge in [-0.2, -0.15) is 5.10 Å². The van der Waals surface area contributed by atoms with E-state index in [-0.39, 0.29) is 5.91 Å². The highest BCUT2D eigenvalue weighted by molar-refractivity contribution is 5.84. The molecule has 0 saturated carbocycles. The van der Waals surface area contributed by atoms with E-state index >= 15 is 0 Å². The van der Waals surface area contributed by atoms with Crippen LogP contribution in [0, 0.1) is 0 Å². The summed E-state index contributed by atoms with van der Waals surface area (Å²) >= 11 is 0. The molecular weight excluding hydrogens is 468 g/mol. The number of nitrogens with zero attached hydrogens (tertiary/aromatic N) is 5. The van der Waals surface area contributed by atoms with Crippen LogP contribution in [0.15, 0.2) is 67.3 Å². The van der Waals surface area contributed by atoms with Gasteiger partial charge in [0.15, 0.2) is 11.5 Å². The number of hydroxylamine groups is 1. The second-order valence-corrected chi connectivity index (χ2v) is 9.10. The zero-order valence-electron chi connectivity index (χ0n) is 20.7. The molecule has 3 heterocycles. The molecule has 0 saturated heterocycles. The minimum Gasteiger partial charge on any atom is -0.375 e. The summed E-state index contributed by atoms with van der Waals surface area (Å²) in [6, 6.07) is 14.4. The van der Waals surface area contributed by atoms with Crippen molar-refractivity contribution in [3.63, 3.8) is 0 Å². The molecular formula is C27H30N8O2. The Morgan fingerprint density at radius 1 is 1.11 bits per heavy atom. The lowest BCUT2D eigenvalue weighted by Crippen LogP contribution is -2.19. The number of anilines is 3. The lowest BCUT2D eigenvalue weighted by Gasteiger charge is -2.20. The van der Waals surface area contributed by atoms with Gasteiger partial charge in [-0.15, -0.1) is 0 Å². The molecule has 0 fully saturated rings. The molecule has 10 nitrogen and oxygen atoms in total. The van der Waals surface area contributed by atoms with E-state index in [2.05, 4.69) is 44.6 Å². The molecule has 2 aromatic carbocycles. The normalized spacial score (nSPS) is 11.2. The van der Waals surface area contributed by atoms with Crippen molar-refractivity contribution in [1.82, 2.24) is 30.0 Å². The van der Waals surface area contributed by atoms with Gasteiger partial charge in [0.05, 0.1) is 17.4 Å². The molecule has 3 aromatic heterocycles. The standard InChI is InChI=1S/C27H30N8O2/c1-34(14-5-3-2-4-6-25(36)33-37)22-11-9-21(10-12-22)30-26-27-28-13-15-35(27)18-24(31-26)19-7-8-20-17-29-32-23(20)16-19/h7-13,15-18,37H,2-6,14H2,1H3,(H,29,32)(H,30,31)(H,33,36). The van der Waals surface area contributed by atoms with Crippen LogP contribution in [0.2, 0.25) is 0 Å². The Kier molecular flexibility index (Phi) is 7.27. The Bertz CT molecular complexity index is 1490. The number of H-pyrrole nitrogens is 1. The van der Waals surface area contributed by atoms with Crippen LogP contribution in [0.25, 0.3) is 27.8 Å². The zero-order valence-corrected chi connectivity index (χ0v) is 20.7. The lowest BCUT2D eigenvalue weighted by atomic mass is 10.1. The summed E-state index contributed by atoms with van der Waals surface area (Å²) in [7, 11) is 2.08. The van der Waals surface area contributed by atoms with Crippen molar-refractivity contribution in [2.75, 3.05) is 23.8 Å². The van der Waals surface area contributed by atoms with Crippen LogP contribution in [-0.2, 0) is 4.79 Å². The highest BCUT2D eigenvalue weighted by atomic mass is 16.5. The molecule has 5 rings (SSSR count). The maximum absolute atomic E-state index is 11.1. The molecule has 0 atom stereocenters. The highest BCUT2D eigenvalue weighted by Crippen LogP contribution is 2.27. The van der Waals surface area contributed by atoms with E-state index < -0.39 is 0 Å². The van der Waals surface area contributed by atoms with Crippen molar-refractivity contribution in [2.24, 2.45) is 0 Å². The third-order valence-corrected chi connectivity index (χ3v) is 6.45. The predicted octanol–water partition coefficient (Wildman–Crippen LogP) is 4.91. The summed E-state index contributed by atoms with van der Waals surface area (Å²) in [4.78, 5) is 22.7. The fraction of sp³-hybridized carbons (Fsp3) is 0.259. The number of carbonyl (C=O) groups is 1. The number of fused-ring (bicyclic) bond motifs is 2. The third kappa shape index (κ3) is 5.70. The van der Waals surface area contributed by atoms with Crippen LogP contribution >= 0.6 is 0 Å². The number of amides is 1. The van der Waals surface area contributed by atoms with Gasteiger partial charge in [-0.05, 0) is 43.2 Å². The molecule has 0 bridgehead atoms. The summed E-state index contributed by atoms with van der Waals surface area (Å²) in [5, 5.41) is 20.2. The molecule has 0 aliphatic heterocycles. The maximum atomic E-state index is 11.1. The smallest absolute Gasteiger partial charge is 0.243 e. The summed E-state index contributed by atoms with van der Waals surface area (Å²) in [6.45, 7) is 0.929. The molecule has 0 radical (unpaired) electrons. The Morgan fingerprint density at radius 3 is 2.78 bits per heavy atom. The number of benzene rings is 2. The van der Waals surface area contributed by atoms with Crippen molar-refractivity contribution < 1.29 is 10.0 Å². The van der Waals surface area contributed by atoms with E-state index in [1.54, 1.807) is 11.7 Å². The SMILES string of the molecule is CN(CCCCCCC(=O)NO)c1ccc(Nc2nc(-c3ccc4cn[nH]c4c3)cn3ccnc23)cc1. The fourth-order valence-corrected chi connectivity index (χ4v) is 4.36. The number of carbonyl (C=O) groups excluding carboxylic acids is 1. The number of imidazole rings is 1. The monoisotopic (exact) mass is 498 g/mol. The minimum absolute atomic E-state index is 0.322. The van der Waals surface area contributed by atoms with Gasteiger partial charge >= 0.3 is 0 Å². The number of aromatic nitrogens is 5. The molecule has 10 heteroatoms. The van der Waals surface area contributed by atoms with Gasteiger partial charge < -0.3 is 14.6 Å². The van der Waals surface area contributed by atoms with Gasteiger partial charge in [0.25, 0.3) is 0 Å². The van der Waals surface area contributed by atoms with Gasteiger partial charge in [0.2, 0.25) is 5.91 Å². The first-order chi connectivity index (χ1) is 18.1. The first-order valence-corrected chi connectivity index (χ1v) is 12.4. The Labute approximate surface area is 214 Å². The molecule has 0 aliphatic carbocycles. The largest absolute Gasteiger partial charge is 0.375 e. The first-order valence-electron chi connectivity index (χ1n) is 12.4. The second kappa shape index (κ2) is 11.1. The summed E-state index contributed by atoms with van der Waals surface area (Å²) in [5.74, 6) is 0.361. The lowest BCUT2D eigenvalue weighted by molar-refractivity contribution is -0.129. The zero-order chi connectivity index (χ0) is 25.6. The molecule has 0 unspecified atom stereocenters. The van der Waals surface area contributed by atoms with E-state index in [9.17, 15) is 4.79 Å². The summed E-state index contributed by atoms with van der Waals surface area (Å²) in [6.07, 6.45) is 11.7. The van der Waals surface area contributed by atoms with Crippen LogP contribution in [0.5, 0.6) is 0 Å². The van der Waals surface area contributed by atoms with E-state index in [1.807, 2.05) is 53.3 Å². The first kappa shape index (κ1) is 24.3. The van der Waals surface area contributed by atoms with E-state index in [0.717, 1.165) is 71.4 Å². The summed E-state index contributed by atoms with van der Waals surface area (Å²) < 4.78 is 1.97. The van der Waals surface area contributed by atoms with Crippen molar-refractivity contribution in [3.05, 3.63) is 67.3 Å².